The van der Waals surface area contributed by atoms with Crippen LogP contribution in [0, 0.1) is 6.92 Å². The molecule has 0 radical (unpaired) electrons. The van der Waals surface area contributed by atoms with Crippen LogP contribution in [0.3, 0.4) is 0 Å². The van der Waals surface area contributed by atoms with Crippen LogP contribution in [0.15, 0.2) is 23.2 Å². The Morgan fingerprint density at radius 1 is 1.24 bits per heavy atom. The third-order valence-electron chi connectivity index (χ3n) is 4.17. The molecule has 0 unspecified atom stereocenters. The van der Waals surface area contributed by atoms with Crippen LogP contribution >= 0.6 is 0 Å². The summed E-state index contributed by atoms with van der Waals surface area (Å²) in [7, 11) is 0. The maximum Gasteiger partial charge on any atom is 0.241 e. The summed E-state index contributed by atoms with van der Waals surface area (Å²) in [5.74, 6) is 1.72. The van der Waals surface area contributed by atoms with Gasteiger partial charge in [-0.25, -0.2) is 4.99 Å². The summed E-state index contributed by atoms with van der Waals surface area (Å²) in [6.07, 6.45) is 2.22. The van der Waals surface area contributed by atoms with Crippen molar-refractivity contribution in [2.24, 2.45) is 4.99 Å². The quantitative estimate of drug-likeness (QED) is 0.586. The maximum atomic E-state index is 12.1. The second-order valence-corrected chi connectivity index (χ2v) is 6.17. The largest absolute Gasteiger partial charge is 0.494 e. The van der Waals surface area contributed by atoms with Gasteiger partial charge in [-0.1, -0.05) is 12.1 Å². The average molecular weight is 346 g/mol. The molecular formula is C19H30N4O2. The zero-order valence-electron chi connectivity index (χ0n) is 15.6. The Morgan fingerprint density at radius 3 is 2.64 bits per heavy atom. The second kappa shape index (κ2) is 9.91. The lowest BCUT2D eigenvalue weighted by Gasteiger charge is -2.17. The average Bonchev–Trinajstić information content (AvgIpc) is 3.14. The van der Waals surface area contributed by atoms with Crippen molar-refractivity contribution in [3.63, 3.8) is 0 Å². The molecule has 0 atom stereocenters. The topological polar surface area (TPSA) is 66.0 Å². The number of amides is 1. The fourth-order valence-corrected chi connectivity index (χ4v) is 2.88. The molecule has 1 aromatic carbocycles. The molecule has 1 saturated heterocycles. The number of ether oxygens (including phenoxy) is 1. The lowest BCUT2D eigenvalue weighted by Crippen LogP contribution is -2.44. The first-order chi connectivity index (χ1) is 12.1. The number of rotatable bonds is 7. The molecule has 1 aromatic rings. The minimum Gasteiger partial charge on any atom is -0.494 e. The van der Waals surface area contributed by atoms with E-state index in [1.165, 1.54) is 0 Å². The zero-order chi connectivity index (χ0) is 18.1. The van der Waals surface area contributed by atoms with Crippen LogP contribution in [-0.2, 0) is 11.3 Å². The van der Waals surface area contributed by atoms with E-state index in [0.29, 0.717) is 19.1 Å². The summed E-state index contributed by atoms with van der Waals surface area (Å²) in [5.41, 5.74) is 2.22. The highest BCUT2D eigenvalue weighted by Gasteiger charge is 2.17. The van der Waals surface area contributed by atoms with Gasteiger partial charge in [0.25, 0.3) is 0 Å². The zero-order valence-corrected chi connectivity index (χ0v) is 15.6. The van der Waals surface area contributed by atoms with Crippen molar-refractivity contribution in [1.29, 1.82) is 0 Å². The van der Waals surface area contributed by atoms with Crippen LogP contribution in [0.5, 0.6) is 5.75 Å². The molecule has 6 heteroatoms. The van der Waals surface area contributed by atoms with Gasteiger partial charge in [-0.15, -0.1) is 0 Å². The van der Waals surface area contributed by atoms with Crippen molar-refractivity contribution >= 4 is 11.9 Å². The van der Waals surface area contributed by atoms with Crippen LogP contribution in [-0.4, -0.2) is 49.6 Å². The van der Waals surface area contributed by atoms with E-state index in [1.807, 2.05) is 37.8 Å². The summed E-state index contributed by atoms with van der Waals surface area (Å²) in [5, 5.41) is 6.33. The SMILES string of the molecule is CCNC(=NCc1ccc(OCC)c(C)c1)NCC(=O)N1CCCC1. The molecule has 1 fully saturated rings. The van der Waals surface area contributed by atoms with E-state index in [9.17, 15) is 4.79 Å². The second-order valence-electron chi connectivity index (χ2n) is 6.17. The summed E-state index contributed by atoms with van der Waals surface area (Å²) in [4.78, 5) is 18.6. The number of aryl methyl sites for hydroxylation is 1. The van der Waals surface area contributed by atoms with Gasteiger partial charge >= 0.3 is 0 Å². The molecule has 138 valence electrons. The van der Waals surface area contributed by atoms with E-state index in [2.05, 4.69) is 21.7 Å². The van der Waals surface area contributed by atoms with Crippen molar-refractivity contribution in [3.8, 4) is 5.75 Å². The number of hydrogen-bond donors (Lipinski definition) is 2. The van der Waals surface area contributed by atoms with Crippen LogP contribution in [0.1, 0.15) is 37.8 Å². The monoisotopic (exact) mass is 346 g/mol. The van der Waals surface area contributed by atoms with Gasteiger partial charge in [0.2, 0.25) is 5.91 Å². The molecule has 0 aromatic heterocycles. The Labute approximate surface area is 150 Å². The van der Waals surface area contributed by atoms with E-state index in [-0.39, 0.29) is 12.5 Å². The smallest absolute Gasteiger partial charge is 0.241 e. The van der Waals surface area contributed by atoms with E-state index in [0.717, 1.165) is 49.4 Å². The summed E-state index contributed by atoms with van der Waals surface area (Å²) in [6.45, 7) is 10.0. The van der Waals surface area contributed by atoms with Gasteiger partial charge < -0.3 is 20.3 Å². The molecule has 6 nitrogen and oxygen atoms in total. The molecular weight excluding hydrogens is 316 g/mol. The van der Waals surface area contributed by atoms with Crippen LogP contribution in [0.25, 0.3) is 0 Å². The Morgan fingerprint density at radius 2 is 2.00 bits per heavy atom. The van der Waals surface area contributed by atoms with Crippen LogP contribution in [0.4, 0.5) is 0 Å². The van der Waals surface area contributed by atoms with Gasteiger partial charge in [-0.2, -0.15) is 0 Å². The fraction of sp³-hybridized carbons (Fsp3) is 0.579. The summed E-state index contributed by atoms with van der Waals surface area (Å²) in [6, 6.07) is 6.11. The van der Waals surface area contributed by atoms with Gasteiger partial charge in [-0.3, -0.25) is 4.79 Å². The maximum absolute atomic E-state index is 12.1. The number of likely N-dealkylation sites (tertiary alicyclic amines) is 1. The highest BCUT2D eigenvalue weighted by atomic mass is 16.5. The first kappa shape index (κ1) is 19.1. The number of aliphatic imine (C=N–C) groups is 1. The summed E-state index contributed by atoms with van der Waals surface area (Å²) < 4.78 is 5.57. The molecule has 25 heavy (non-hydrogen) atoms. The molecule has 1 aliphatic heterocycles. The Kier molecular flexibility index (Phi) is 7.57. The molecule has 0 aliphatic carbocycles. The van der Waals surface area contributed by atoms with Crippen molar-refractivity contribution < 1.29 is 9.53 Å². The highest BCUT2D eigenvalue weighted by Crippen LogP contribution is 2.19. The fourth-order valence-electron chi connectivity index (χ4n) is 2.88. The highest BCUT2D eigenvalue weighted by molar-refractivity contribution is 5.86. The third-order valence-corrected chi connectivity index (χ3v) is 4.17. The molecule has 1 aliphatic rings. The van der Waals surface area contributed by atoms with Crippen molar-refractivity contribution in [2.45, 2.75) is 40.2 Å². The molecule has 0 saturated carbocycles. The number of hydrogen-bond acceptors (Lipinski definition) is 3. The van der Waals surface area contributed by atoms with E-state index in [1.54, 1.807) is 0 Å². The molecule has 2 rings (SSSR count). The Bertz CT molecular complexity index is 595. The van der Waals surface area contributed by atoms with E-state index in [4.69, 9.17) is 4.74 Å². The van der Waals surface area contributed by atoms with Crippen molar-refractivity contribution in [2.75, 3.05) is 32.8 Å². The molecule has 2 N–H and O–H groups in total. The third kappa shape index (κ3) is 5.96. The first-order valence-corrected chi connectivity index (χ1v) is 9.16. The molecule has 0 spiro atoms. The minimum absolute atomic E-state index is 0.139. The Hall–Kier alpha value is -2.24. The predicted molar refractivity (Wildman–Crippen MR) is 101 cm³/mol. The van der Waals surface area contributed by atoms with Crippen molar-refractivity contribution in [1.82, 2.24) is 15.5 Å². The number of nitrogens with zero attached hydrogens (tertiary/aromatic N) is 2. The number of nitrogens with one attached hydrogen (secondary N) is 2. The van der Waals surface area contributed by atoms with Gasteiger partial charge in [0, 0.05) is 19.6 Å². The van der Waals surface area contributed by atoms with Gasteiger partial charge in [0.15, 0.2) is 5.96 Å². The first-order valence-electron chi connectivity index (χ1n) is 9.16. The lowest BCUT2D eigenvalue weighted by atomic mass is 10.1. The van der Waals surface area contributed by atoms with E-state index < -0.39 is 0 Å². The van der Waals surface area contributed by atoms with E-state index >= 15 is 0 Å². The number of carbonyl (C=O) groups excluding carboxylic acids is 1. The molecule has 1 heterocycles. The minimum atomic E-state index is 0.139. The summed E-state index contributed by atoms with van der Waals surface area (Å²) >= 11 is 0. The van der Waals surface area contributed by atoms with Crippen LogP contribution in [0.2, 0.25) is 0 Å². The Balaban J connectivity index is 1.92. The predicted octanol–water partition coefficient (Wildman–Crippen LogP) is 2.07. The normalized spacial score (nSPS) is 14.5. The number of benzene rings is 1. The number of carbonyl (C=O) groups is 1. The van der Waals surface area contributed by atoms with Crippen molar-refractivity contribution in [3.05, 3.63) is 29.3 Å². The van der Waals surface area contributed by atoms with Gasteiger partial charge in [0.1, 0.15) is 5.75 Å². The molecule has 0 bridgehead atoms. The van der Waals surface area contributed by atoms with Crippen LogP contribution < -0.4 is 15.4 Å². The number of guanidine groups is 1. The standard InChI is InChI=1S/C19H30N4O2/c1-4-20-19(22-14-18(24)23-10-6-7-11-23)21-13-16-8-9-17(25-5-2)15(3)12-16/h8-9,12H,4-7,10-11,13-14H2,1-3H3,(H2,20,21,22). The molecule has 1 amide bonds. The van der Waals surface area contributed by atoms with Gasteiger partial charge in [0.05, 0.1) is 19.7 Å². The van der Waals surface area contributed by atoms with Gasteiger partial charge in [-0.05, 0) is 50.8 Å². The lowest BCUT2D eigenvalue weighted by molar-refractivity contribution is -0.128.